The Labute approximate surface area is 83.0 Å². The topological polar surface area (TPSA) is 49.0 Å². The van der Waals surface area contributed by atoms with E-state index in [1.807, 2.05) is 11.9 Å². The molecule has 1 aliphatic carbocycles. The highest BCUT2D eigenvalue weighted by molar-refractivity contribution is 5.33. The molecule has 1 aromatic heterocycles. The number of nitrogens with one attached hydrogen (secondary N) is 1. The second-order valence-electron chi connectivity index (χ2n) is 3.92. The van der Waals surface area contributed by atoms with E-state index in [1.54, 1.807) is 12.4 Å². The lowest BCUT2D eigenvalue weighted by Gasteiger charge is -2.30. The average molecular weight is 193 g/mol. The average Bonchev–Trinajstić information content (AvgIpc) is 2.12. The van der Waals surface area contributed by atoms with Gasteiger partial charge in [0.25, 0.3) is 5.56 Å². The summed E-state index contributed by atoms with van der Waals surface area (Å²) in [5.74, 6) is 1.28. The first-order valence-electron chi connectivity index (χ1n) is 5.02. The second-order valence-corrected chi connectivity index (χ2v) is 3.92. The number of nitrogens with zero attached hydrogens (tertiary/aromatic N) is 2. The molecule has 1 aliphatic rings. The van der Waals surface area contributed by atoms with Crippen LogP contribution in [0, 0.1) is 5.92 Å². The van der Waals surface area contributed by atoms with Crippen LogP contribution < -0.4 is 10.5 Å². The Morgan fingerprint density at radius 1 is 1.64 bits per heavy atom. The molecule has 1 N–H and O–H groups in total. The van der Waals surface area contributed by atoms with Crippen molar-refractivity contribution in [2.45, 2.75) is 19.3 Å². The normalized spacial score (nSPS) is 16.4. The molecule has 0 aliphatic heterocycles. The lowest BCUT2D eigenvalue weighted by molar-refractivity contribution is 0.321. The van der Waals surface area contributed by atoms with Gasteiger partial charge in [0.05, 0.1) is 0 Å². The molecule has 1 saturated carbocycles. The molecule has 1 fully saturated rings. The van der Waals surface area contributed by atoms with Crippen LogP contribution in [0.2, 0.25) is 0 Å². The van der Waals surface area contributed by atoms with Crippen molar-refractivity contribution in [3.8, 4) is 0 Å². The van der Waals surface area contributed by atoms with Crippen molar-refractivity contribution in [3.05, 3.63) is 22.7 Å². The second kappa shape index (κ2) is 3.82. The number of aromatic nitrogens is 2. The standard InChI is InChI=1S/C10H15N3O/c1-13(7-8-3-2-4-8)9-10(14)12-6-5-11-9/h5-6,8H,2-4,7H2,1H3,(H,12,14). The molecule has 4 nitrogen and oxygen atoms in total. The SMILES string of the molecule is CN(CC1CCC1)c1ncc[nH]c1=O. The lowest BCUT2D eigenvalue weighted by atomic mass is 9.85. The van der Waals surface area contributed by atoms with Crippen LogP contribution in [0.5, 0.6) is 0 Å². The van der Waals surface area contributed by atoms with Crippen LogP contribution in [-0.4, -0.2) is 23.6 Å². The summed E-state index contributed by atoms with van der Waals surface area (Å²) in [6, 6.07) is 0. The zero-order valence-corrected chi connectivity index (χ0v) is 8.36. The Bertz CT molecular complexity index is 356. The summed E-state index contributed by atoms with van der Waals surface area (Å²) in [5, 5.41) is 0. The van der Waals surface area contributed by atoms with Crippen molar-refractivity contribution < 1.29 is 0 Å². The Hall–Kier alpha value is -1.32. The van der Waals surface area contributed by atoms with Gasteiger partial charge in [-0.15, -0.1) is 0 Å². The zero-order chi connectivity index (χ0) is 9.97. The van der Waals surface area contributed by atoms with Gasteiger partial charge in [-0.1, -0.05) is 6.42 Å². The van der Waals surface area contributed by atoms with Crippen molar-refractivity contribution in [2.75, 3.05) is 18.5 Å². The minimum Gasteiger partial charge on any atom is -0.355 e. The number of hydrogen-bond acceptors (Lipinski definition) is 3. The van der Waals surface area contributed by atoms with Crippen molar-refractivity contribution in [3.63, 3.8) is 0 Å². The van der Waals surface area contributed by atoms with Crippen LogP contribution in [0.4, 0.5) is 5.82 Å². The van der Waals surface area contributed by atoms with Crippen LogP contribution >= 0.6 is 0 Å². The summed E-state index contributed by atoms with van der Waals surface area (Å²) in [6.07, 6.45) is 7.08. The molecule has 0 radical (unpaired) electrons. The molecule has 0 spiro atoms. The van der Waals surface area contributed by atoms with Crippen LogP contribution in [0.3, 0.4) is 0 Å². The van der Waals surface area contributed by atoms with Gasteiger partial charge >= 0.3 is 0 Å². The third-order valence-electron chi connectivity index (χ3n) is 2.81. The third kappa shape index (κ3) is 1.78. The molecule has 0 saturated heterocycles. The van der Waals surface area contributed by atoms with E-state index >= 15 is 0 Å². The predicted molar refractivity (Wildman–Crippen MR) is 55.5 cm³/mol. The third-order valence-corrected chi connectivity index (χ3v) is 2.81. The molecule has 1 aromatic rings. The van der Waals surface area contributed by atoms with Crippen molar-refractivity contribution in [1.29, 1.82) is 0 Å². The predicted octanol–water partition coefficient (Wildman–Crippen LogP) is 1.01. The van der Waals surface area contributed by atoms with E-state index in [0.717, 1.165) is 12.5 Å². The lowest BCUT2D eigenvalue weighted by Crippen LogP contribution is -2.33. The first-order chi connectivity index (χ1) is 6.77. The van der Waals surface area contributed by atoms with Crippen molar-refractivity contribution in [2.24, 2.45) is 5.92 Å². The van der Waals surface area contributed by atoms with Crippen LogP contribution in [-0.2, 0) is 0 Å². The maximum absolute atomic E-state index is 11.4. The van der Waals surface area contributed by atoms with E-state index in [1.165, 1.54) is 19.3 Å². The zero-order valence-electron chi connectivity index (χ0n) is 8.36. The number of aromatic amines is 1. The Kier molecular flexibility index (Phi) is 2.52. The first-order valence-corrected chi connectivity index (χ1v) is 5.02. The highest BCUT2D eigenvalue weighted by atomic mass is 16.1. The Balaban J connectivity index is 2.06. The number of anilines is 1. The number of hydrogen-bond donors (Lipinski definition) is 1. The Morgan fingerprint density at radius 2 is 2.43 bits per heavy atom. The van der Waals surface area contributed by atoms with E-state index < -0.39 is 0 Å². The van der Waals surface area contributed by atoms with Gasteiger partial charge in [-0.3, -0.25) is 4.79 Å². The fourth-order valence-electron chi connectivity index (χ4n) is 1.77. The van der Waals surface area contributed by atoms with Gasteiger partial charge in [-0.25, -0.2) is 4.98 Å². The maximum Gasteiger partial charge on any atom is 0.290 e. The van der Waals surface area contributed by atoms with E-state index in [-0.39, 0.29) is 5.56 Å². The summed E-state index contributed by atoms with van der Waals surface area (Å²) >= 11 is 0. The highest BCUT2D eigenvalue weighted by Crippen LogP contribution is 2.27. The summed E-state index contributed by atoms with van der Waals surface area (Å²) in [6.45, 7) is 0.945. The molecule has 0 amide bonds. The minimum absolute atomic E-state index is 0.102. The van der Waals surface area contributed by atoms with Gasteiger partial charge in [-0.2, -0.15) is 0 Å². The van der Waals surface area contributed by atoms with E-state index in [2.05, 4.69) is 9.97 Å². The van der Waals surface area contributed by atoms with E-state index in [0.29, 0.717) is 5.82 Å². The number of rotatable bonds is 3. The molecule has 14 heavy (non-hydrogen) atoms. The van der Waals surface area contributed by atoms with Gasteiger partial charge in [0, 0.05) is 26.0 Å². The van der Waals surface area contributed by atoms with Crippen LogP contribution in [0.1, 0.15) is 19.3 Å². The van der Waals surface area contributed by atoms with Gasteiger partial charge in [0.15, 0.2) is 5.82 Å². The van der Waals surface area contributed by atoms with Crippen LogP contribution in [0.15, 0.2) is 17.2 Å². The Morgan fingerprint density at radius 3 is 3.00 bits per heavy atom. The molecule has 0 bridgehead atoms. The molecule has 76 valence electrons. The summed E-state index contributed by atoms with van der Waals surface area (Å²) in [5.41, 5.74) is -0.102. The molecular weight excluding hydrogens is 178 g/mol. The minimum atomic E-state index is -0.102. The number of H-pyrrole nitrogens is 1. The largest absolute Gasteiger partial charge is 0.355 e. The monoisotopic (exact) mass is 193 g/mol. The van der Waals surface area contributed by atoms with Gasteiger partial charge in [0.1, 0.15) is 0 Å². The summed E-state index contributed by atoms with van der Waals surface area (Å²) in [4.78, 5) is 20.0. The van der Waals surface area contributed by atoms with Crippen LogP contribution in [0.25, 0.3) is 0 Å². The first kappa shape index (κ1) is 9.24. The highest BCUT2D eigenvalue weighted by Gasteiger charge is 2.20. The summed E-state index contributed by atoms with van der Waals surface area (Å²) < 4.78 is 0. The van der Waals surface area contributed by atoms with Crippen molar-refractivity contribution in [1.82, 2.24) is 9.97 Å². The molecule has 0 unspecified atom stereocenters. The van der Waals surface area contributed by atoms with E-state index in [4.69, 9.17) is 0 Å². The van der Waals surface area contributed by atoms with Gasteiger partial charge in [0.2, 0.25) is 0 Å². The molecule has 1 heterocycles. The maximum atomic E-state index is 11.4. The molecule has 0 atom stereocenters. The smallest absolute Gasteiger partial charge is 0.290 e. The molecule has 2 rings (SSSR count). The fourth-order valence-corrected chi connectivity index (χ4v) is 1.77. The fraction of sp³-hybridized carbons (Fsp3) is 0.600. The van der Waals surface area contributed by atoms with Crippen molar-refractivity contribution >= 4 is 5.82 Å². The van der Waals surface area contributed by atoms with Gasteiger partial charge in [-0.05, 0) is 18.8 Å². The van der Waals surface area contributed by atoms with E-state index in [9.17, 15) is 4.79 Å². The molecular formula is C10H15N3O. The van der Waals surface area contributed by atoms with Gasteiger partial charge < -0.3 is 9.88 Å². The molecule has 4 heteroatoms. The molecule has 0 aromatic carbocycles. The quantitative estimate of drug-likeness (QED) is 0.779. The summed E-state index contributed by atoms with van der Waals surface area (Å²) in [7, 11) is 1.93.